The lowest BCUT2D eigenvalue weighted by Crippen LogP contribution is -2.55. The molecule has 1 atom stereocenters. The van der Waals surface area contributed by atoms with Crippen molar-refractivity contribution < 1.29 is 0 Å². The molecule has 2 aliphatic rings. The van der Waals surface area contributed by atoms with E-state index in [1.54, 1.807) is 0 Å². The van der Waals surface area contributed by atoms with Gasteiger partial charge >= 0.3 is 0 Å². The summed E-state index contributed by atoms with van der Waals surface area (Å²) in [7, 11) is 0. The summed E-state index contributed by atoms with van der Waals surface area (Å²) < 4.78 is 0. The second-order valence-electron chi connectivity index (χ2n) is 7.48. The largest absolute Gasteiger partial charge is 0.310 e. The Balaban J connectivity index is 1.70. The van der Waals surface area contributed by atoms with E-state index in [-0.39, 0.29) is 5.54 Å². The molecular weight excluding hydrogens is 246 g/mol. The summed E-state index contributed by atoms with van der Waals surface area (Å²) in [5, 5.41) is 3.72. The summed E-state index contributed by atoms with van der Waals surface area (Å²) in [6.07, 6.45) is 6.99. The number of nitrogens with one attached hydrogen (secondary N) is 1. The Hall–Kier alpha value is -0.120. The highest BCUT2D eigenvalue weighted by molar-refractivity contribution is 4.85. The quantitative estimate of drug-likeness (QED) is 0.807. The zero-order valence-corrected chi connectivity index (χ0v) is 14.1. The van der Waals surface area contributed by atoms with Crippen molar-refractivity contribution in [3.63, 3.8) is 0 Å². The van der Waals surface area contributed by atoms with Crippen molar-refractivity contribution >= 4 is 0 Å². The van der Waals surface area contributed by atoms with E-state index in [9.17, 15) is 0 Å². The highest BCUT2D eigenvalue weighted by atomic mass is 15.3. The van der Waals surface area contributed by atoms with Gasteiger partial charge in [0.2, 0.25) is 0 Å². The first kappa shape index (κ1) is 16.3. The van der Waals surface area contributed by atoms with Gasteiger partial charge in [0.15, 0.2) is 0 Å². The lowest BCUT2D eigenvalue weighted by Gasteiger charge is -2.41. The first-order chi connectivity index (χ1) is 9.52. The van der Waals surface area contributed by atoms with Crippen LogP contribution in [0.25, 0.3) is 0 Å². The average molecular weight is 281 g/mol. The molecule has 1 saturated carbocycles. The van der Waals surface area contributed by atoms with Crippen molar-refractivity contribution in [1.29, 1.82) is 0 Å². The molecule has 0 spiro atoms. The second kappa shape index (κ2) is 7.24. The summed E-state index contributed by atoms with van der Waals surface area (Å²) in [6.45, 7) is 15.4. The third-order valence-electron chi connectivity index (χ3n) is 5.57. The van der Waals surface area contributed by atoms with E-state index in [1.807, 2.05) is 0 Å². The molecule has 0 aromatic rings. The Morgan fingerprint density at radius 1 is 1.10 bits per heavy atom. The van der Waals surface area contributed by atoms with Crippen molar-refractivity contribution in [2.75, 3.05) is 32.7 Å². The van der Waals surface area contributed by atoms with Crippen LogP contribution in [0, 0.1) is 0 Å². The van der Waals surface area contributed by atoms with Gasteiger partial charge in [0.1, 0.15) is 0 Å². The number of piperazine rings is 1. The first-order valence-electron chi connectivity index (χ1n) is 8.75. The minimum Gasteiger partial charge on any atom is -0.310 e. The van der Waals surface area contributed by atoms with Gasteiger partial charge < -0.3 is 5.32 Å². The van der Waals surface area contributed by atoms with E-state index in [0.29, 0.717) is 6.04 Å². The molecule has 0 aromatic heterocycles. The van der Waals surface area contributed by atoms with Crippen LogP contribution in [0.1, 0.15) is 59.8 Å². The second-order valence-corrected chi connectivity index (χ2v) is 7.48. The monoisotopic (exact) mass is 281 g/mol. The maximum absolute atomic E-state index is 3.72. The SMILES string of the molecule is CCC(C)(C)NCC(C)N1CCN(C2CCCC2)CC1. The van der Waals surface area contributed by atoms with E-state index < -0.39 is 0 Å². The van der Waals surface area contributed by atoms with Crippen molar-refractivity contribution in [2.45, 2.75) is 77.4 Å². The van der Waals surface area contributed by atoms with Gasteiger partial charge in [0, 0.05) is 50.3 Å². The topological polar surface area (TPSA) is 18.5 Å². The highest BCUT2D eigenvalue weighted by Crippen LogP contribution is 2.24. The molecule has 2 fully saturated rings. The van der Waals surface area contributed by atoms with Crippen LogP contribution in [0.3, 0.4) is 0 Å². The van der Waals surface area contributed by atoms with Crippen molar-refractivity contribution in [3.8, 4) is 0 Å². The van der Waals surface area contributed by atoms with E-state index in [1.165, 1.54) is 58.3 Å². The van der Waals surface area contributed by atoms with Crippen molar-refractivity contribution in [1.82, 2.24) is 15.1 Å². The van der Waals surface area contributed by atoms with Crippen LogP contribution >= 0.6 is 0 Å². The Kier molecular flexibility index (Phi) is 5.88. The molecule has 1 unspecified atom stereocenters. The standard InChI is InChI=1S/C17H35N3/c1-5-17(3,4)18-14-15(2)19-10-12-20(13-11-19)16-8-6-7-9-16/h15-16,18H,5-14H2,1-4H3. The molecule has 3 nitrogen and oxygen atoms in total. The molecular formula is C17H35N3. The third kappa shape index (κ3) is 4.44. The van der Waals surface area contributed by atoms with E-state index in [4.69, 9.17) is 0 Å². The Morgan fingerprint density at radius 2 is 1.70 bits per heavy atom. The number of nitrogens with zero attached hydrogens (tertiary/aromatic N) is 2. The molecule has 20 heavy (non-hydrogen) atoms. The lowest BCUT2D eigenvalue weighted by molar-refractivity contribution is 0.0727. The fourth-order valence-electron chi connectivity index (χ4n) is 3.49. The molecule has 1 heterocycles. The normalized spacial score (nSPS) is 25.2. The molecule has 0 radical (unpaired) electrons. The molecule has 118 valence electrons. The fourth-order valence-corrected chi connectivity index (χ4v) is 3.49. The summed E-state index contributed by atoms with van der Waals surface area (Å²) in [6, 6.07) is 1.57. The summed E-state index contributed by atoms with van der Waals surface area (Å²) in [5.74, 6) is 0. The van der Waals surface area contributed by atoms with Gasteiger partial charge in [-0.25, -0.2) is 0 Å². The molecule has 1 aliphatic carbocycles. The Morgan fingerprint density at radius 3 is 2.25 bits per heavy atom. The Bertz CT molecular complexity index is 276. The van der Waals surface area contributed by atoms with Crippen LogP contribution in [0.15, 0.2) is 0 Å². The zero-order chi connectivity index (χ0) is 14.6. The summed E-state index contributed by atoms with van der Waals surface area (Å²) in [4.78, 5) is 5.42. The number of rotatable bonds is 6. The maximum Gasteiger partial charge on any atom is 0.0193 e. The van der Waals surface area contributed by atoms with E-state index in [0.717, 1.165) is 12.6 Å². The fraction of sp³-hybridized carbons (Fsp3) is 1.00. The maximum atomic E-state index is 3.72. The van der Waals surface area contributed by atoms with Gasteiger partial charge in [0.05, 0.1) is 0 Å². The average Bonchev–Trinajstić information content (AvgIpc) is 2.99. The molecule has 0 bridgehead atoms. The van der Waals surface area contributed by atoms with Crippen LogP contribution in [0.5, 0.6) is 0 Å². The predicted octanol–water partition coefficient (Wildman–Crippen LogP) is 2.71. The molecule has 2 rings (SSSR count). The minimum absolute atomic E-state index is 0.278. The van der Waals surface area contributed by atoms with E-state index >= 15 is 0 Å². The molecule has 0 aromatic carbocycles. The summed E-state index contributed by atoms with van der Waals surface area (Å²) in [5.41, 5.74) is 0.278. The van der Waals surface area contributed by atoms with Crippen LogP contribution < -0.4 is 5.32 Å². The van der Waals surface area contributed by atoms with Gasteiger partial charge in [-0.15, -0.1) is 0 Å². The lowest BCUT2D eigenvalue weighted by atomic mass is 10.0. The summed E-state index contributed by atoms with van der Waals surface area (Å²) >= 11 is 0. The minimum atomic E-state index is 0.278. The molecule has 3 heteroatoms. The molecule has 1 saturated heterocycles. The van der Waals surface area contributed by atoms with Crippen molar-refractivity contribution in [3.05, 3.63) is 0 Å². The molecule has 0 amide bonds. The van der Waals surface area contributed by atoms with Gasteiger partial charge in [-0.05, 0) is 40.0 Å². The highest BCUT2D eigenvalue weighted by Gasteiger charge is 2.28. The van der Waals surface area contributed by atoms with Gasteiger partial charge in [0.25, 0.3) is 0 Å². The van der Waals surface area contributed by atoms with Gasteiger partial charge in [-0.1, -0.05) is 19.8 Å². The predicted molar refractivity (Wildman–Crippen MR) is 87.2 cm³/mol. The van der Waals surface area contributed by atoms with Crippen LogP contribution in [-0.2, 0) is 0 Å². The van der Waals surface area contributed by atoms with E-state index in [2.05, 4.69) is 42.8 Å². The first-order valence-corrected chi connectivity index (χ1v) is 8.75. The Labute approximate surface area is 126 Å². The number of hydrogen-bond acceptors (Lipinski definition) is 3. The van der Waals surface area contributed by atoms with Gasteiger partial charge in [-0.3, -0.25) is 9.80 Å². The number of hydrogen-bond donors (Lipinski definition) is 1. The molecule has 1 N–H and O–H groups in total. The van der Waals surface area contributed by atoms with Gasteiger partial charge in [-0.2, -0.15) is 0 Å². The van der Waals surface area contributed by atoms with Crippen LogP contribution in [0.4, 0.5) is 0 Å². The zero-order valence-electron chi connectivity index (χ0n) is 14.1. The van der Waals surface area contributed by atoms with Crippen molar-refractivity contribution in [2.24, 2.45) is 0 Å². The smallest absolute Gasteiger partial charge is 0.0193 e. The third-order valence-corrected chi connectivity index (χ3v) is 5.57. The van der Waals surface area contributed by atoms with Crippen LogP contribution in [0.2, 0.25) is 0 Å². The molecule has 1 aliphatic heterocycles. The van der Waals surface area contributed by atoms with Crippen LogP contribution in [-0.4, -0.2) is 60.1 Å².